The lowest BCUT2D eigenvalue weighted by Crippen LogP contribution is -2.31. The highest BCUT2D eigenvalue weighted by atomic mass is 16.5. The first-order chi connectivity index (χ1) is 8.22. The number of ether oxygens (including phenoxy) is 1. The molecule has 100 valence electrons. The smallest absolute Gasteiger partial charge is 0.220 e. The van der Waals surface area contributed by atoms with E-state index in [1.54, 1.807) is 0 Å². The minimum atomic E-state index is 0.182. The molecular weight excluding hydrogens is 216 g/mol. The Hall–Kier alpha value is -0.610. The van der Waals surface area contributed by atoms with E-state index in [4.69, 9.17) is 10.5 Å². The zero-order chi connectivity index (χ0) is 12.5. The molecule has 1 amide bonds. The van der Waals surface area contributed by atoms with E-state index in [2.05, 4.69) is 5.32 Å². The lowest BCUT2D eigenvalue weighted by molar-refractivity contribution is -0.122. The number of rotatable bonds is 7. The van der Waals surface area contributed by atoms with Crippen LogP contribution in [0, 0.1) is 5.92 Å². The summed E-state index contributed by atoms with van der Waals surface area (Å²) in [5.41, 5.74) is 5.84. The van der Waals surface area contributed by atoms with Crippen molar-refractivity contribution in [2.24, 2.45) is 11.7 Å². The number of nitrogens with one attached hydrogen (secondary N) is 1. The predicted molar refractivity (Wildman–Crippen MR) is 68.7 cm³/mol. The van der Waals surface area contributed by atoms with Gasteiger partial charge in [-0.2, -0.15) is 0 Å². The van der Waals surface area contributed by atoms with Crippen molar-refractivity contribution in [2.45, 2.75) is 51.5 Å². The molecule has 4 heteroatoms. The highest BCUT2D eigenvalue weighted by Crippen LogP contribution is 2.25. The molecule has 1 rings (SSSR count). The molecule has 4 nitrogen and oxygen atoms in total. The summed E-state index contributed by atoms with van der Waals surface area (Å²) in [6, 6.07) is 0.362. The van der Waals surface area contributed by atoms with E-state index in [-0.39, 0.29) is 5.91 Å². The third-order valence-corrected chi connectivity index (χ3v) is 3.36. The molecule has 1 fully saturated rings. The molecular formula is C13H26N2O2. The summed E-state index contributed by atoms with van der Waals surface area (Å²) >= 11 is 0. The van der Waals surface area contributed by atoms with Crippen molar-refractivity contribution in [1.82, 2.24) is 5.32 Å². The quantitative estimate of drug-likeness (QED) is 0.664. The molecule has 1 saturated carbocycles. The summed E-state index contributed by atoms with van der Waals surface area (Å²) in [6.07, 6.45) is 5.92. The van der Waals surface area contributed by atoms with Crippen LogP contribution in [0.4, 0.5) is 0 Å². The maximum absolute atomic E-state index is 11.6. The van der Waals surface area contributed by atoms with Gasteiger partial charge < -0.3 is 15.8 Å². The second-order valence-electron chi connectivity index (χ2n) is 4.89. The van der Waals surface area contributed by atoms with E-state index in [1.807, 2.05) is 6.92 Å². The second-order valence-corrected chi connectivity index (χ2v) is 4.89. The number of amides is 1. The molecule has 0 unspecified atom stereocenters. The van der Waals surface area contributed by atoms with Gasteiger partial charge in [-0.15, -0.1) is 0 Å². The Kier molecular flexibility index (Phi) is 7.21. The molecule has 0 heterocycles. The van der Waals surface area contributed by atoms with Crippen LogP contribution in [0.2, 0.25) is 0 Å². The van der Waals surface area contributed by atoms with E-state index < -0.39 is 0 Å². The van der Waals surface area contributed by atoms with E-state index in [0.717, 1.165) is 51.9 Å². The average molecular weight is 242 g/mol. The van der Waals surface area contributed by atoms with Crippen LogP contribution in [0.5, 0.6) is 0 Å². The maximum Gasteiger partial charge on any atom is 0.220 e. The number of carbonyl (C=O) groups excluding carboxylic acids is 1. The second kappa shape index (κ2) is 8.48. The molecule has 0 spiro atoms. The minimum Gasteiger partial charge on any atom is -0.382 e. The summed E-state index contributed by atoms with van der Waals surface area (Å²) in [4.78, 5) is 11.6. The van der Waals surface area contributed by atoms with Crippen molar-refractivity contribution in [2.75, 3.05) is 19.8 Å². The number of carbonyl (C=O) groups is 1. The standard InChI is InChI=1S/C13H26N2O2/c1-2-17-9-3-8-15-13(16)10-11-4-6-12(14)7-5-11/h11-12H,2-10,14H2,1H3,(H,15,16). The number of nitrogens with two attached hydrogens (primary N) is 1. The van der Waals surface area contributed by atoms with Gasteiger partial charge in [0.15, 0.2) is 0 Å². The molecule has 0 aromatic carbocycles. The van der Waals surface area contributed by atoms with Crippen LogP contribution in [0.1, 0.15) is 45.4 Å². The fourth-order valence-electron chi connectivity index (χ4n) is 2.27. The molecule has 0 aliphatic heterocycles. The van der Waals surface area contributed by atoms with Crippen LogP contribution in [-0.4, -0.2) is 31.7 Å². The van der Waals surface area contributed by atoms with Crippen molar-refractivity contribution >= 4 is 5.91 Å². The third kappa shape index (κ3) is 6.64. The number of hydrogen-bond acceptors (Lipinski definition) is 3. The predicted octanol–water partition coefficient (Wildman–Crippen LogP) is 1.44. The largest absolute Gasteiger partial charge is 0.382 e. The van der Waals surface area contributed by atoms with Crippen LogP contribution in [-0.2, 0) is 9.53 Å². The minimum absolute atomic E-state index is 0.182. The first-order valence-corrected chi connectivity index (χ1v) is 6.82. The summed E-state index contributed by atoms with van der Waals surface area (Å²) in [5, 5.41) is 2.95. The van der Waals surface area contributed by atoms with Crippen molar-refractivity contribution in [1.29, 1.82) is 0 Å². The zero-order valence-electron chi connectivity index (χ0n) is 10.9. The van der Waals surface area contributed by atoms with Crippen LogP contribution in [0.15, 0.2) is 0 Å². The van der Waals surface area contributed by atoms with Crippen molar-refractivity contribution in [3.63, 3.8) is 0 Å². The molecule has 0 radical (unpaired) electrons. The fourth-order valence-corrected chi connectivity index (χ4v) is 2.27. The van der Waals surface area contributed by atoms with E-state index in [0.29, 0.717) is 18.4 Å². The Balaban J connectivity index is 2.00. The molecule has 1 aliphatic carbocycles. The SMILES string of the molecule is CCOCCCNC(=O)CC1CCC(N)CC1. The molecule has 0 aromatic heterocycles. The van der Waals surface area contributed by atoms with E-state index in [1.165, 1.54) is 0 Å². The van der Waals surface area contributed by atoms with Crippen LogP contribution in [0.25, 0.3) is 0 Å². The summed E-state index contributed by atoms with van der Waals surface area (Å²) < 4.78 is 5.21. The Morgan fingerprint density at radius 1 is 1.35 bits per heavy atom. The highest BCUT2D eigenvalue weighted by Gasteiger charge is 2.20. The Morgan fingerprint density at radius 2 is 2.06 bits per heavy atom. The summed E-state index contributed by atoms with van der Waals surface area (Å²) in [7, 11) is 0. The van der Waals surface area contributed by atoms with Gasteiger partial charge in [-0.1, -0.05) is 0 Å². The van der Waals surface area contributed by atoms with Gasteiger partial charge in [0.25, 0.3) is 0 Å². The fraction of sp³-hybridized carbons (Fsp3) is 0.923. The van der Waals surface area contributed by atoms with Gasteiger partial charge >= 0.3 is 0 Å². The first-order valence-electron chi connectivity index (χ1n) is 6.82. The van der Waals surface area contributed by atoms with Crippen LogP contribution >= 0.6 is 0 Å². The molecule has 17 heavy (non-hydrogen) atoms. The van der Waals surface area contributed by atoms with Gasteiger partial charge in [0.05, 0.1) is 0 Å². The molecule has 3 N–H and O–H groups in total. The number of hydrogen-bond donors (Lipinski definition) is 2. The first kappa shape index (κ1) is 14.5. The molecule has 1 aliphatic rings. The van der Waals surface area contributed by atoms with Crippen molar-refractivity contribution in [3.8, 4) is 0 Å². The monoisotopic (exact) mass is 242 g/mol. The van der Waals surface area contributed by atoms with Crippen molar-refractivity contribution < 1.29 is 9.53 Å². The maximum atomic E-state index is 11.6. The van der Waals surface area contributed by atoms with Gasteiger partial charge in [-0.25, -0.2) is 0 Å². The lowest BCUT2D eigenvalue weighted by Gasteiger charge is -2.25. The molecule has 0 aromatic rings. The van der Waals surface area contributed by atoms with Crippen LogP contribution in [0.3, 0.4) is 0 Å². The zero-order valence-corrected chi connectivity index (χ0v) is 10.9. The normalized spacial score (nSPS) is 24.6. The van der Waals surface area contributed by atoms with Gasteiger partial charge in [0.1, 0.15) is 0 Å². The highest BCUT2D eigenvalue weighted by molar-refractivity contribution is 5.76. The molecule has 0 bridgehead atoms. The Labute approximate surface area is 104 Å². The summed E-state index contributed by atoms with van der Waals surface area (Å²) in [5.74, 6) is 0.726. The van der Waals surface area contributed by atoms with E-state index >= 15 is 0 Å². The lowest BCUT2D eigenvalue weighted by atomic mass is 9.84. The van der Waals surface area contributed by atoms with Gasteiger partial charge in [-0.05, 0) is 44.9 Å². The van der Waals surface area contributed by atoms with Crippen LogP contribution < -0.4 is 11.1 Å². The van der Waals surface area contributed by atoms with Crippen molar-refractivity contribution in [3.05, 3.63) is 0 Å². The molecule has 0 saturated heterocycles. The van der Waals surface area contributed by atoms with E-state index in [9.17, 15) is 4.79 Å². The Morgan fingerprint density at radius 3 is 2.71 bits per heavy atom. The Bertz CT molecular complexity index is 213. The average Bonchev–Trinajstić information content (AvgIpc) is 2.32. The molecule has 0 atom stereocenters. The van der Waals surface area contributed by atoms with Gasteiger partial charge in [0, 0.05) is 32.2 Å². The topological polar surface area (TPSA) is 64.3 Å². The van der Waals surface area contributed by atoms with Gasteiger partial charge in [0.2, 0.25) is 5.91 Å². The van der Waals surface area contributed by atoms with Gasteiger partial charge in [-0.3, -0.25) is 4.79 Å². The third-order valence-electron chi connectivity index (χ3n) is 3.36. The summed E-state index contributed by atoms with van der Waals surface area (Å²) in [6.45, 7) is 4.18.